The molecular formula is C20H14BrCl2N3O2. The molecule has 2 amide bonds. The number of nitrogens with one attached hydrogen (secondary N) is 2. The average molecular weight is 479 g/mol. The number of rotatable bonds is 5. The van der Waals surface area contributed by atoms with Gasteiger partial charge in [-0.15, -0.1) is 0 Å². The molecule has 0 unspecified atom stereocenters. The molecule has 0 saturated carbocycles. The van der Waals surface area contributed by atoms with Crippen molar-refractivity contribution in [3.63, 3.8) is 0 Å². The number of hydrogen-bond acceptors (Lipinski definition) is 3. The van der Waals surface area contributed by atoms with Gasteiger partial charge in [-0.2, -0.15) is 0 Å². The number of hydrogen-bond donors (Lipinski definition) is 2. The summed E-state index contributed by atoms with van der Waals surface area (Å²) in [6.07, 6.45) is 1.50. The zero-order valence-corrected chi connectivity index (χ0v) is 17.5. The van der Waals surface area contributed by atoms with Gasteiger partial charge in [0.25, 0.3) is 11.8 Å². The van der Waals surface area contributed by atoms with Gasteiger partial charge in [0.1, 0.15) is 0 Å². The van der Waals surface area contributed by atoms with Gasteiger partial charge in [-0.05, 0) is 48.5 Å². The smallest absolute Gasteiger partial charge is 0.257 e. The van der Waals surface area contributed by atoms with E-state index < -0.39 is 0 Å². The van der Waals surface area contributed by atoms with Crippen LogP contribution in [-0.2, 0) is 5.33 Å². The van der Waals surface area contributed by atoms with Crippen molar-refractivity contribution in [2.24, 2.45) is 0 Å². The lowest BCUT2D eigenvalue weighted by molar-refractivity contribution is 0.101. The first-order chi connectivity index (χ1) is 13.5. The molecule has 142 valence electrons. The van der Waals surface area contributed by atoms with E-state index in [2.05, 4.69) is 31.5 Å². The molecule has 0 saturated heterocycles. The van der Waals surface area contributed by atoms with Gasteiger partial charge in [0.15, 0.2) is 0 Å². The number of anilines is 2. The standard InChI is InChI=1S/C20H14BrCl2N3O2/c21-10-16-5-4-13(11-24-16)20(28)25-15-6-7-17(23)18(9-15)26-19(27)12-2-1-3-14(22)8-12/h1-9,11H,10H2,(H,25,28)(H,26,27). The third kappa shape index (κ3) is 5.10. The van der Waals surface area contributed by atoms with Crippen molar-refractivity contribution < 1.29 is 9.59 Å². The zero-order valence-electron chi connectivity index (χ0n) is 14.4. The fourth-order valence-corrected chi connectivity index (χ4v) is 3.05. The van der Waals surface area contributed by atoms with E-state index in [1.165, 1.54) is 6.20 Å². The van der Waals surface area contributed by atoms with E-state index in [0.29, 0.717) is 37.9 Å². The molecule has 5 nitrogen and oxygen atoms in total. The van der Waals surface area contributed by atoms with Crippen LogP contribution in [-0.4, -0.2) is 16.8 Å². The van der Waals surface area contributed by atoms with Crippen molar-refractivity contribution in [1.82, 2.24) is 4.98 Å². The van der Waals surface area contributed by atoms with Gasteiger partial charge in [-0.1, -0.05) is 45.2 Å². The van der Waals surface area contributed by atoms with Gasteiger partial charge in [-0.25, -0.2) is 0 Å². The average Bonchev–Trinajstić information content (AvgIpc) is 2.70. The van der Waals surface area contributed by atoms with Crippen LogP contribution in [0.4, 0.5) is 11.4 Å². The van der Waals surface area contributed by atoms with Crippen LogP contribution in [0.1, 0.15) is 26.4 Å². The molecule has 2 N–H and O–H groups in total. The van der Waals surface area contributed by atoms with Crippen LogP contribution in [0.15, 0.2) is 60.8 Å². The lowest BCUT2D eigenvalue weighted by Gasteiger charge is -2.11. The van der Waals surface area contributed by atoms with Crippen molar-refractivity contribution in [3.8, 4) is 0 Å². The maximum absolute atomic E-state index is 12.4. The highest BCUT2D eigenvalue weighted by Gasteiger charge is 2.12. The van der Waals surface area contributed by atoms with Gasteiger partial charge in [0.2, 0.25) is 0 Å². The van der Waals surface area contributed by atoms with E-state index in [0.717, 1.165) is 5.69 Å². The van der Waals surface area contributed by atoms with Crippen LogP contribution in [0.3, 0.4) is 0 Å². The monoisotopic (exact) mass is 477 g/mol. The minimum atomic E-state index is -0.359. The van der Waals surface area contributed by atoms with Gasteiger partial charge >= 0.3 is 0 Å². The third-order valence-electron chi connectivity index (χ3n) is 3.78. The number of alkyl halides is 1. The minimum absolute atomic E-state index is 0.317. The summed E-state index contributed by atoms with van der Waals surface area (Å²) in [7, 11) is 0. The fourth-order valence-electron chi connectivity index (χ4n) is 2.36. The highest BCUT2D eigenvalue weighted by Crippen LogP contribution is 2.26. The number of pyridine rings is 1. The Bertz CT molecular complexity index is 1030. The van der Waals surface area contributed by atoms with Crippen molar-refractivity contribution in [1.29, 1.82) is 0 Å². The molecule has 0 bridgehead atoms. The van der Waals surface area contributed by atoms with Gasteiger partial charge in [0.05, 0.1) is 22.0 Å². The Balaban J connectivity index is 1.75. The predicted molar refractivity (Wildman–Crippen MR) is 116 cm³/mol. The largest absolute Gasteiger partial charge is 0.322 e. The molecule has 0 spiro atoms. The SMILES string of the molecule is O=C(Nc1ccc(Cl)c(NC(=O)c2cccc(Cl)c2)c1)c1ccc(CBr)nc1. The Labute approximate surface area is 180 Å². The van der Waals surface area contributed by atoms with Crippen molar-refractivity contribution >= 4 is 62.3 Å². The molecular weight excluding hydrogens is 465 g/mol. The molecule has 1 aromatic heterocycles. The molecule has 0 fully saturated rings. The van der Waals surface area contributed by atoms with E-state index in [9.17, 15) is 9.59 Å². The Kier molecular flexibility index (Phi) is 6.67. The van der Waals surface area contributed by atoms with Crippen molar-refractivity contribution in [2.45, 2.75) is 5.33 Å². The highest BCUT2D eigenvalue weighted by molar-refractivity contribution is 9.08. The van der Waals surface area contributed by atoms with E-state index in [-0.39, 0.29) is 11.8 Å². The summed E-state index contributed by atoms with van der Waals surface area (Å²) in [5.41, 5.74) is 2.51. The number of halogens is 3. The maximum Gasteiger partial charge on any atom is 0.257 e. The number of amides is 2. The van der Waals surface area contributed by atoms with E-state index >= 15 is 0 Å². The van der Waals surface area contributed by atoms with Crippen LogP contribution in [0.25, 0.3) is 0 Å². The first kappa shape index (κ1) is 20.3. The molecule has 0 aliphatic carbocycles. The van der Waals surface area contributed by atoms with E-state index in [1.807, 2.05) is 0 Å². The Morgan fingerprint density at radius 2 is 1.71 bits per heavy atom. The molecule has 28 heavy (non-hydrogen) atoms. The second-order valence-electron chi connectivity index (χ2n) is 5.79. The lowest BCUT2D eigenvalue weighted by atomic mass is 10.2. The normalized spacial score (nSPS) is 10.4. The van der Waals surface area contributed by atoms with Crippen molar-refractivity contribution in [3.05, 3.63) is 87.7 Å². The fraction of sp³-hybridized carbons (Fsp3) is 0.0500. The lowest BCUT2D eigenvalue weighted by Crippen LogP contribution is -2.14. The summed E-state index contributed by atoms with van der Waals surface area (Å²) in [5.74, 6) is -0.675. The summed E-state index contributed by atoms with van der Waals surface area (Å²) in [4.78, 5) is 29.0. The quantitative estimate of drug-likeness (QED) is 0.456. The third-order valence-corrected chi connectivity index (χ3v) is 4.92. The second kappa shape index (κ2) is 9.19. The molecule has 3 rings (SSSR count). The molecule has 8 heteroatoms. The number of carbonyl (C=O) groups excluding carboxylic acids is 2. The molecule has 2 aromatic carbocycles. The summed E-state index contributed by atoms with van der Waals surface area (Å²) in [6.45, 7) is 0. The van der Waals surface area contributed by atoms with Crippen LogP contribution in [0, 0.1) is 0 Å². The molecule has 0 aliphatic rings. The molecule has 0 radical (unpaired) electrons. The van der Waals surface area contributed by atoms with Gasteiger partial charge in [-0.3, -0.25) is 14.6 Å². The molecule has 1 heterocycles. The first-order valence-corrected chi connectivity index (χ1v) is 10.0. The van der Waals surface area contributed by atoms with E-state index in [4.69, 9.17) is 23.2 Å². The molecule has 3 aromatic rings. The first-order valence-electron chi connectivity index (χ1n) is 8.15. The summed E-state index contributed by atoms with van der Waals surface area (Å²) >= 11 is 15.4. The Morgan fingerprint density at radius 3 is 2.39 bits per heavy atom. The van der Waals surface area contributed by atoms with Crippen LogP contribution in [0.2, 0.25) is 10.0 Å². The Hall–Kier alpha value is -2.41. The topological polar surface area (TPSA) is 71.1 Å². The van der Waals surface area contributed by atoms with Gasteiger partial charge in [0, 0.05) is 27.8 Å². The highest BCUT2D eigenvalue weighted by atomic mass is 79.9. The Morgan fingerprint density at radius 1 is 0.929 bits per heavy atom. The second-order valence-corrected chi connectivity index (χ2v) is 7.19. The predicted octanol–water partition coefficient (Wildman–Crippen LogP) is 5.79. The zero-order chi connectivity index (χ0) is 20.1. The number of nitrogens with zero attached hydrogens (tertiary/aromatic N) is 1. The number of benzene rings is 2. The molecule has 0 atom stereocenters. The van der Waals surface area contributed by atoms with E-state index in [1.54, 1.807) is 54.6 Å². The van der Waals surface area contributed by atoms with Crippen LogP contribution in [0.5, 0.6) is 0 Å². The van der Waals surface area contributed by atoms with Crippen LogP contribution >= 0.6 is 39.1 Å². The maximum atomic E-state index is 12.4. The summed E-state index contributed by atoms with van der Waals surface area (Å²) in [5, 5.41) is 6.90. The van der Waals surface area contributed by atoms with Crippen molar-refractivity contribution in [2.75, 3.05) is 10.6 Å². The number of carbonyl (C=O) groups is 2. The molecule has 0 aliphatic heterocycles. The van der Waals surface area contributed by atoms with Gasteiger partial charge < -0.3 is 10.6 Å². The number of aromatic nitrogens is 1. The van der Waals surface area contributed by atoms with Crippen LogP contribution < -0.4 is 10.6 Å². The summed E-state index contributed by atoms with van der Waals surface area (Å²) in [6, 6.07) is 14.9. The summed E-state index contributed by atoms with van der Waals surface area (Å²) < 4.78 is 0. The minimum Gasteiger partial charge on any atom is -0.322 e.